The van der Waals surface area contributed by atoms with Crippen molar-refractivity contribution in [3.63, 3.8) is 0 Å². The van der Waals surface area contributed by atoms with Gasteiger partial charge in [0, 0.05) is 10.8 Å². The number of aromatic nitrogens is 3. The highest BCUT2D eigenvalue weighted by Gasteiger charge is 2.25. The fraction of sp³-hybridized carbons (Fsp3) is 0.412. The lowest BCUT2D eigenvalue weighted by Crippen LogP contribution is -2.35. The zero-order valence-electron chi connectivity index (χ0n) is 15.0. The summed E-state index contributed by atoms with van der Waals surface area (Å²) >= 11 is 7.50. The molecule has 1 aromatic carbocycles. The Balaban J connectivity index is 1.82. The number of benzene rings is 1. The van der Waals surface area contributed by atoms with Crippen LogP contribution in [-0.2, 0) is 4.74 Å². The Kier molecular flexibility index (Phi) is 5.24. The quantitative estimate of drug-likeness (QED) is 0.855. The van der Waals surface area contributed by atoms with Crippen molar-refractivity contribution in [3.8, 4) is 0 Å². The number of amides is 1. The molecule has 0 spiro atoms. The second kappa shape index (κ2) is 7.28. The van der Waals surface area contributed by atoms with Crippen LogP contribution >= 0.6 is 23.4 Å². The molecule has 1 aliphatic rings. The molecule has 26 heavy (non-hydrogen) atoms. The Labute approximate surface area is 161 Å². The molecule has 1 atom stereocenters. The van der Waals surface area contributed by atoms with Crippen molar-refractivity contribution in [2.24, 2.45) is 5.10 Å². The lowest BCUT2D eigenvalue weighted by Gasteiger charge is -2.22. The van der Waals surface area contributed by atoms with Crippen LogP contribution in [0.25, 0.3) is 0 Å². The molecule has 0 fully saturated rings. The Hall–Kier alpha value is -2.06. The second-order valence-corrected chi connectivity index (χ2v) is 8.24. The number of nitrogens with zero attached hydrogens (tertiary/aromatic N) is 4. The van der Waals surface area contributed by atoms with E-state index in [0.29, 0.717) is 21.8 Å². The van der Waals surface area contributed by atoms with Gasteiger partial charge >= 0.3 is 6.09 Å². The van der Waals surface area contributed by atoms with Gasteiger partial charge in [-0.25, -0.2) is 4.79 Å². The van der Waals surface area contributed by atoms with E-state index in [9.17, 15) is 4.79 Å². The molecular weight excluding hydrogens is 374 g/mol. The number of halogens is 1. The Morgan fingerprint density at radius 2 is 2.00 bits per heavy atom. The minimum atomic E-state index is -0.566. The fourth-order valence-electron chi connectivity index (χ4n) is 2.35. The van der Waals surface area contributed by atoms with Crippen LogP contribution in [0, 0.1) is 0 Å². The van der Waals surface area contributed by atoms with Gasteiger partial charge < -0.3 is 10.1 Å². The van der Waals surface area contributed by atoms with Crippen LogP contribution in [0.4, 0.5) is 4.79 Å². The van der Waals surface area contributed by atoms with Crippen molar-refractivity contribution in [2.45, 2.75) is 44.5 Å². The van der Waals surface area contributed by atoms with Gasteiger partial charge in [0.2, 0.25) is 5.16 Å². The summed E-state index contributed by atoms with van der Waals surface area (Å²) in [6, 6.07) is 7.12. The molecule has 3 rings (SSSR count). The van der Waals surface area contributed by atoms with Gasteiger partial charge in [0.05, 0.1) is 11.8 Å². The predicted octanol–water partition coefficient (Wildman–Crippen LogP) is 3.88. The predicted molar refractivity (Wildman–Crippen MR) is 102 cm³/mol. The molecule has 0 radical (unpaired) electrons. The maximum Gasteiger partial charge on any atom is 0.408 e. The number of hydrogen-bond donors (Lipinski definition) is 1. The number of carbonyl (C=O) groups excluding carboxylic acids is 1. The number of nitrogens with one attached hydrogen (secondary N) is 1. The maximum atomic E-state index is 12.0. The van der Waals surface area contributed by atoms with E-state index in [1.165, 1.54) is 0 Å². The highest BCUT2D eigenvalue weighted by atomic mass is 35.5. The Morgan fingerprint density at radius 3 is 2.65 bits per heavy atom. The van der Waals surface area contributed by atoms with Crippen LogP contribution in [0.1, 0.15) is 45.1 Å². The Bertz CT molecular complexity index is 842. The molecule has 1 aliphatic heterocycles. The monoisotopic (exact) mass is 393 g/mol. The van der Waals surface area contributed by atoms with Gasteiger partial charge in [0.1, 0.15) is 5.60 Å². The maximum absolute atomic E-state index is 12.0. The molecule has 2 aromatic rings. The van der Waals surface area contributed by atoms with Gasteiger partial charge in [-0.05, 0) is 45.4 Å². The first kappa shape index (κ1) is 18.7. The highest BCUT2D eigenvalue weighted by Crippen LogP contribution is 2.26. The van der Waals surface area contributed by atoms with Crippen molar-refractivity contribution in [2.75, 3.05) is 5.75 Å². The summed E-state index contributed by atoms with van der Waals surface area (Å²) in [5.74, 6) is 1.23. The number of fused-ring (bicyclic) bond motifs is 1. The van der Waals surface area contributed by atoms with Gasteiger partial charge in [-0.2, -0.15) is 9.78 Å². The van der Waals surface area contributed by atoms with E-state index >= 15 is 0 Å². The topological polar surface area (TPSA) is 81.4 Å². The van der Waals surface area contributed by atoms with Crippen molar-refractivity contribution < 1.29 is 9.53 Å². The SMILES string of the molecule is CC(NC(=O)OC(C)(C)C)c1nnc2n1N=C(c1ccc(Cl)cc1)CS2. The van der Waals surface area contributed by atoms with Gasteiger partial charge in [-0.15, -0.1) is 10.2 Å². The molecule has 2 heterocycles. The van der Waals surface area contributed by atoms with Crippen LogP contribution in [0.2, 0.25) is 5.02 Å². The van der Waals surface area contributed by atoms with Gasteiger partial charge in [0.15, 0.2) is 5.82 Å². The third-order valence-electron chi connectivity index (χ3n) is 3.49. The average Bonchev–Trinajstić information content (AvgIpc) is 2.96. The second-order valence-electron chi connectivity index (χ2n) is 6.86. The van der Waals surface area contributed by atoms with Gasteiger partial charge in [-0.1, -0.05) is 35.5 Å². The number of ether oxygens (including phenoxy) is 1. The van der Waals surface area contributed by atoms with Gasteiger partial charge in [-0.3, -0.25) is 0 Å². The smallest absolute Gasteiger partial charge is 0.408 e. The molecule has 1 unspecified atom stereocenters. The van der Waals surface area contributed by atoms with E-state index in [2.05, 4.69) is 20.6 Å². The summed E-state index contributed by atoms with van der Waals surface area (Å²) in [7, 11) is 0. The van der Waals surface area contributed by atoms with Crippen LogP contribution in [0.3, 0.4) is 0 Å². The first-order chi connectivity index (χ1) is 12.2. The van der Waals surface area contributed by atoms with Crippen molar-refractivity contribution in [1.82, 2.24) is 20.2 Å². The molecule has 0 aliphatic carbocycles. The summed E-state index contributed by atoms with van der Waals surface area (Å²) in [4.78, 5) is 12.0. The lowest BCUT2D eigenvalue weighted by atomic mass is 10.1. The number of thioether (sulfide) groups is 1. The highest BCUT2D eigenvalue weighted by molar-refractivity contribution is 7.99. The first-order valence-electron chi connectivity index (χ1n) is 8.14. The number of carbonyl (C=O) groups is 1. The molecule has 7 nitrogen and oxygen atoms in total. The minimum Gasteiger partial charge on any atom is -0.444 e. The first-order valence-corrected chi connectivity index (χ1v) is 9.51. The summed E-state index contributed by atoms with van der Waals surface area (Å²) in [6.07, 6.45) is -0.507. The number of alkyl carbamates (subject to hydrolysis) is 1. The zero-order valence-corrected chi connectivity index (χ0v) is 16.6. The molecule has 0 saturated heterocycles. The summed E-state index contributed by atoms with van der Waals surface area (Å²) in [5.41, 5.74) is 1.31. The van der Waals surface area contributed by atoms with Gasteiger partial charge in [0.25, 0.3) is 0 Å². The summed E-state index contributed by atoms with van der Waals surface area (Å²) in [5, 5.41) is 17.1. The molecule has 1 N–H and O–H groups in total. The molecule has 0 bridgehead atoms. The van der Waals surface area contributed by atoms with E-state index in [1.54, 1.807) is 16.4 Å². The third-order valence-corrected chi connectivity index (χ3v) is 4.68. The summed E-state index contributed by atoms with van der Waals surface area (Å²) < 4.78 is 6.96. The van der Waals surface area contributed by atoms with Crippen molar-refractivity contribution in [1.29, 1.82) is 0 Å². The average molecular weight is 394 g/mol. The number of hydrogen-bond acceptors (Lipinski definition) is 6. The largest absolute Gasteiger partial charge is 0.444 e. The standard InChI is InChI=1S/C17H20ClN5O2S/c1-10(19-16(24)25-17(2,3)4)14-20-21-15-23(14)22-13(9-26-15)11-5-7-12(18)8-6-11/h5-8,10H,9H2,1-4H3,(H,19,24). The van der Waals surface area contributed by atoms with Crippen LogP contribution in [0.15, 0.2) is 34.5 Å². The summed E-state index contributed by atoms with van der Waals surface area (Å²) in [6.45, 7) is 7.26. The van der Waals surface area contributed by atoms with Crippen LogP contribution in [-0.4, -0.2) is 38.0 Å². The van der Waals surface area contributed by atoms with Crippen LogP contribution < -0.4 is 5.32 Å². The molecule has 1 amide bonds. The minimum absolute atomic E-state index is 0.403. The molecular formula is C17H20ClN5O2S. The lowest BCUT2D eigenvalue weighted by molar-refractivity contribution is 0.0505. The molecule has 0 saturated carbocycles. The fourth-order valence-corrected chi connectivity index (χ4v) is 3.32. The van der Waals surface area contributed by atoms with Crippen molar-refractivity contribution >= 4 is 35.2 Å². The van der Waals surface area contributed by atoms with E-state index in [1.807, 2.05) is 52.0 Å². The van der Waals surface area contributed by atoms with E-state index in [4.69, 9.17) is 16.3 Å². The third kappa shape index (κ3) is 4.37. The van der Waals surface area contributed by atoms with E-state index < -0.39 is 17.7 Å². The van der Waals surface area contributed by atoms with Crippen LogP contribution in [0.5, 0.6) is 0 Å². The molecule has 9 heteroatoms. The Morgan fingerprint density at radius 1 is 1.31 bits per heavy atom. The van der Waals surface area contributed by atoms with Crippen molar-refractivity contribution in [3.05, 3.63) is 40.7 Å². The number of rotatable bonds is 3. The van der Waals surface area contributed by atoms with E-state index in [0.717, 1.165) is 11.3 Å². The zero-order chi connectivity index (χ0) is 18.9. The normalized spacial score (nSPS) is 15.0. The van der Waals surface area contributed by atoms with E-state index in [-0.39, 0.29) is 0 Å². The molecule has 1 aromatic heterocycles. The molecule has 138 valence electrons.